The number of hydrogen-bond acceptors (Lipinski definition) is 4. The molecule has 2 aromatic rings. The summed E-state index contributed by atoms with van der Waals surface area (Å²) < 4.78 is 5.46. The normalized spacial score (nSPS) is 11.4. The number of nitrogens with one attached hydrogen (secondary N) is 1. The number of carbonyl (C=O) groups excluding carboxylic acids is 1. The van der Waals surface area contributed by atoms with E-state index in [0.717, 1.165) is 4.88 Å². The van der Waals surface area contributed by atoms with E-state index in [1.165, 1.54) is 0 Å². The highest BCUT2D eigenvalue weighted by Gasteiger charge is 2.20. The average molecular weight is 300 g/mol. The molecule has 0 fully saturated rings. The van der Waals surface area contributed by atoms with Gasteiger partial charge in [0.25, 0.3) is 0 Å². The standard InChI is InChI=1S/C16H16N2O2S/c1-2-20-15-8-4-3-7-14(15)18-16(19)12(11-17)10-13-6-5-9-21-13/h3-9,12H,2,10H2,1H3,(H,18,19)/t12-/m0/s1. The van der Waals surface area contributed by atoms with Crippen LogP contribution in [-0.4, -0.2) is 12.5 Å². The third kappa shape index (κ3) is 4.07. The van der Waals surface area contributed by atoms with Crippen LogP contribution in [0.5, 0.6) is 5.75 Å². The highest BCUT2D eigenvalue weighted by atomic mass is 32.1. The summed E-state index contributed by atoms with van der Waals surface area (Å²) in [6.07, 6.45) is 0.427. The van der Waals surface area contributed by atoms with Crippen molar-refractivity contribution in [1.82, 2.24) is 0 Å². The number of nitriles is 1. The molecule has 1 aromatic carbocycles. The lowest BCUT2D eigenvalue weighted by molar-refractivity contribution is -0.118. The third-order valence-electron chi connectivity index (χ3n) is 2.90. The smallest absolute Gasteiger partial charge is 0.242 e. The molecule has 0 saturated carbocycles. The molecule has 0 aliphatic carbocycles. The fourth-order valence-electron chi connectivity index (χ4n) is 1.90. The van der Waals surface area contributed by atoms with Gasteiger partial charge in [-0.2, -0.15) is 5.26 Å². The highest BCUT2D eigenvalue weighted by molar-refractivity contribution is 7.09. The Hall–Kier alpha value is -2.32. The first kappa shape index (κ1) is 15.1. The van der Waals surface area contributed by atoms with Gasteiger partial charge in [0.2, 0.25) is 5.91 Å². The molecule has 21 heavy (non-hydrogen) atoms. The summed E-state index contributed by atoms with van der Waals surface area (Å²) in [5.41, 5.74) is 0.593. The molecule has 4 nitrogen and oxygen atoms in total. The van der Waals surface area contributed by atoms with Crippen molar-refractivity contribution in [2.45, 2.75) is 13.3 Å². The number of amides is 1. The Morgan fingerprint density at radius 3 is 2.86 bits per heavy atom. The number of para-hydroxylation sites is 2. The monoisotopic (exact) mass is 300 g/mol. The van der Waals surface area contributed by atoms with Crippen molar-refractivity contribution in [2.24, 2.45) is 5.92 Å². The van der Waals surface area contributed by atoms with Crippen LogP contribution < -0.4 is 10.1 Å². The Morgan fingerprint density at radius 1 is 1.38 bits per heavy atom. The Morgan fingerprint density at radius 2 is 2.19 bits per heavy atom. The van der Waals surface area contributed by atoms with Crippen LogP contribution in [0.25, 0.3) is 0 Å². The zero-order valence-electron chi connectivity index (χ0n) is 11.7. The van der Waals surface area contributed by atoms with E-state index >= 15 is 0 Å². The summed E-state index contributed by atoms with van der Waals surface area (Å²) in [7, 11) is 0. The number of ether oxygens (including phenoxy) is 1. The van der Waals surface area contributed by atoms with Crippen LogP contribution in [-0.2, 0) is 11.2 Å². The zero-order valence-corrected chi connectivity index (χ0v) is 12.5. The molecule has 0 aliphatic rings. The van der Waals surface area contributed by atoms with E-state index < -0.39 is 5.92 Å². The molecule has 108 valence electrons. The van der Waals surface area contributed by atoms with Crippen molar-refractivity contribution in [3.8, 4) is 11.8 Å². The second-order valence-electron chi connectivity index (χ2n) is 4.38. The van der Waals surface area contributed by atoms with E-state index in [1.807, 2.05) is 36.6 Å². The maximum absolute atomic E-state index is 12.2. The molecule has 2 rings (SSSR count). The second-order valence-corrected chi connectivity index (χ2v) is 5.42. The minimum atomic E-state index is -0.710. The minimum Gasteiger partial charge on any atom is -0.492 e. The largest absolute Gasteiger partial charge is 0.492 e. The number of nitrogens with zero attached hydrogens (tertiary/aromatic N) is 1. The van der Waals surface area contributed by atoms with Crippen molar-refractivity contribution in [2.75, 3.05) is 11.9 Å². The van der Waals surface area contributed by atoms with Gasteiger partial charge in [-0.25, -0.2) is 0 Å². The predicted molar refractivity (Wildman–Crippen MR) is 83.4 cm³/mol. The predicted octanol–water partition coefficient (Wildman–Crippen LogP) is 3.47. The zero-order chi connectivity index (χ0) is 15.1. The summed E-state index contributed by atoms with van der Waals surface area (Å²) in [6.45, 7) is 2.40. The molecule has 0 spiro atoms. The van der Waals surface area contributed by atoms with Crippen LogP contribution in [0.1, 0.15) is 11.8 Å². The number of carbonyl (C=O) groups is 1. The van der Waals surface area contributed by atoms with Gasteiger partial charge in [-0.1, -0.05) is 18.2 Å². The van der Waals surface area contributed by atoms with E-state index in [0.29, 0.717) is 24.5 Å². The molecule has 0 saturated heterocycles. The fourth-order valence-corrected chi connectivity index (χ4v) is 2.65. The van der Waals surface area contributed by atoms with Crippen molar-refractivity contribution >= 4 is 22.9 Å². The average Bonchev–Trinajstić information content (AvgIpc) is 3.00. The van der Waals surface area contributed by atoms with E-state index in [2.05, 4.69) is 11.4 Å². The van der Waals surface area contributed by atoms with Gasteiger partial charge in [0, 0.05) is 11.3 Å². The van der Waals surface area contributed by atoms with E-state index in [1.54, 1.807) is 23.5 Å². The van der Waals surface area contributed by atoms with Crippen LogP contribution in [0, 0.1) is 17.2 Å². The quantitative estimate of drug-likeness (QED) is 0.888. The summed E-state index contributed by atoms with van der Waals surface area (Å²) in [5, 5.41) is 13.9. The number of rotatable bonds is 6. The molecule has 0 bridgehead atoms. The van der Waals surface area contributed by atoms with Gasteiger partial charge in [-0.3, -0.25) is 4.79 Å². The van der Waals surface area contributed by atoms with Gasteiger partial charge in [0.1, 0.15) is 11.7 Å². The third-order valence-corrected chi connectivity index (χ3v) is 3.80. The number of hydrogen-bond donors (Lipinski definition) is 1. The van der Waals surface area contributed by atoms with Crippen molar-refractivity contribution in [1.29, 1.82) is 5.26 Å². The Balaban J connectivity index is 2.07. The van der Waals surface area contributed by atoms with Gasteiger partial charge in [-0.05, 0) is 30.5 Å². The lowest BCUT2D eigenvalue weighted by Gasteiger charge is -2.13. The van der Waals surface area contributed by atoms with Crippen LogP contribution in [0.2, 0.25) is 0 Å². The molecular weight excluding hydrogens is 284 g/mol. The minimum absolute atomic E-state index is 0.307. The number of benzene rings is 1. The fraction of sp³-hybridized carbons (Fsp3) is 0.250. The summed E-state index contributed by atoms with van der Waals surface area (Å²) in [6, 6.07) is 13.1. The molecule has 5 heteroatoms. The molecule has 1 N–H and O–H groups in total. The first-order valence-corrected chi connectivity index (χ1v) is 7.57. The lowest BCUT2D eigenvalue weighted by atomic mass is 10.1. The van der Waals surface area contributed by atoms with Gasteiger partial charge in [0.15, 0.2) is 0 Å². The molecule has 1 amide bonds. The van der Waals surface area contributed by atoms with Crippen LogP contribution in [0.3, 0.4) is 0 Å². The molecule has 0 unspecified atom stereocenters. The summed E-state index contributed by atoms with van der Waals surface area (Å²) in [5.74, 6) is -0.405. The maximum Gasteiger partial charge on any atom is 0.242 e. The molecule has 0 radical (unpaired) electrons. The topological polar surface area (TPSA) is 62.1 Å². The maximum atomic E-state index is 12.2. The van der Waals surface area contributed by atoms with E-state index in [-0.39, 0.29) is 5.91 Å². The second kappa shape index (κ2) is 7.46. The van der Waals surface area contributed by atoms with Crippen LogP contribution in [0.15, 0.2) is 41.8 Å². The molecule has 1 aromatic heterocycles. The van der Waals surface area contributed by atoms with Crippen LogP contribution in [0.4, 0.5) is 5.69 Å². The van der Waals surface area contributed by atoms with Gasteiger partial charge < -0.3 is 10.1 Å². The number of thiophene rings is 1. The summed E-state index contributed by atoms with van der Waals surface area (Å²) >= 11 is 1.55. The Labute approximate surface area is 128 Å². The van der Waals surface area contributed by atoms with Crippen molar-refractivity contribution in [3.05, 3.63) is 46.7 Å². The molecule has 1 heterocycles. The first-order chi connectivity index (χ1) is 10.2. The first-order valence-electron chi connectivity index (χ1n) is 6.69. The Kier molecular flexibility index (Phi) is 5.35. The van der Waals surface area contributed by atoms with Gasteiger partial charge in [0.05, 0.1) is 18.4 Å². The SMILES string of the molecule is CCOc1ccccc1NC(=O)[C@H](C#N)Cc1cccs1. The van der Waals surface area contributed by atoms with Crippen molar-refractivity contribution < 1.29 is 9.53 Å². The molecule has 1 atom stereocenters. The van der Waals surface area contributed by atoms with E-state index in [4.69, 9.17) is 4.74 Å². The number of anilines is 1. The Bertz CT molecular complexity index is 632. The van der Waals surface area contributed by atoms with Gasteiger partial charge >= 0.3 is 0 Å². The summed E-state index contributed by atoms with van der Waals surface area (Å²) in [4.78, 5) is 13.3. The molecule has 0 aliphatic heterocycles. The van der Waals surface area contributed by atoms with E-state index in [9.17, 15) is 10.1 Å². The van der Waals surface area contributed by atoms with Crippen LogP contribution >= 0.6 is 11.3 Å². The highest BCUT2D eigenvalue weighted by Crippen LogP contribution is 2.25. The van der Waals surface area contributed by atoms with Gasteiger partial charge in [-0.15, -0.1) is 11.3 Å². The molecular formula is C16H16N2O2S. The lowest BCUT2D eigenvalue weighted by Crippen LogP contribution is -2.23. The van der Waals surface area contributed by atoms with Crippen molar-refractivity contribution in [3.63, 3.8) is 0 Å².